The number of benzene rings is 1. The number of rotatable bonds is 5. The van der Waals surface area contributed by atoms with Crippen LogP contribution in [0.2, 0.25) is 0 Å². The van der Waals surface area contributed by atoms with Gasteiger partial charge in [0.1, 0.15) is 0 Å². The highest BCUT2D eigenvalue weighted by Gasteiger charge is 2.34. The number of piperidine rings is 1. The van der Waals surface area contributed by atoms with E-state index in [1.807, 2.05) is 0 Å². The average Bonchev–Trinajstić information content (AvgIpc) is 2.85. The fourth-order valence-corrected chi connectivity index (χ4v) is 4.92. The van der Waals surface area contributed by atoms with E-state index in [1.54, 1.807) is 26.0 Å². The van der Waals surface area contributed by atoms with E-state index in [0.717, 1.165) is 12.8 Å². The van der Waals surface area contributed by atoms with Gasteiger partial charge in [-0.1, -0.05) is 6.07 Å². The molecule has 7 heteroatoms. The van der Waals surface area contributed by atoms with Gasteiger partial charge in [0.25, 0.3) is 5.91 Å². The molecule has 0 radical (unpaired) electrons. The van der Waals surface area contributed by atoms with Crippen molar-refractivity contribution in [3.63, 3.8) is 0 Å². The SMILES string of the molecule is CC(C)NS(=O)(=O)c1cccc(C(=O)NC2CC3CCC(C2)N3)c1. The molecule has 0 aliphatic carbocycles. The van der Waals surface area contributed by atoms with Crippen LogP contribution in [0.25, 0.3) is 0 Å². The van der Waals surface area contributed by atoms with Crippen LogP contribution in [0.5, 0.6) is 0 Å². The Morgan fingerprint density at radius 3 is 2.50 bits per heavy atom. The molecule has 2 bridgehead atoms. The molecule has 0 spiro atoms. The van der Waals surface area contributed by atoms with E-state index in [-0.39, 0.29) is 22.9 Å². The van der Waals surface area contributed by atoms with E-state index in [0.29, 0.717) is 17.6 Å². The zero-order chi connectivity index (χ0) is 17.3. The van der Waals surface area contributed by atoms with Gasteiger partial charge in [0.05, 0.1) is 4.90 Å². The third-order valence-electron chi connectivity index (χ3n) is 4.61. The molecule has 3 N–H and O–H groups in total. The zero-order valence-corrected chi connectivity index (χ0v) is 14.9. The van der Waals surface area contributed by atoms with Crippen molar-refractivity contribution in [1.29, 1.82) is 0 Å². The van der Waals surface area contributed by atoms with Gasteiger partial charge in [0, 0.05) is 29.7 Å². The lowest BCUT2D eigenvalue weighted by Crippen LogP contribution is -2.48. The predicted molar refractivity (Wildman–Crippen MR) is 92.3 cm³/mol. The summed E-state index contributed by atoms with van der Waals surface area (Å²) in [5.41, 5.74) is 0.382. The van der Waals surface area contributed by atoms with E-state index in [2.05, 4.69) is 15.4 Å². The first-order chi connectivity index (χ1) is 11.3. The molecule has 2 atom stereocenters. The standard InChI is InChI=1S/C17H25N3O3S/c1-11(2)20-24(22,23)16-5-3-4-12(8-16)17(21)19-15-9-13-6-7-14(10-15)18-13/h3-5,8,11,13-15,18,20H,6-7,9-10H2,1-2H3,(H,19,21). The van der Waals surface area contributed by atoms with Crippen molar-refractivity contribution in [1.82, 2.24) is 15.4 Å². The van der Waals surface area contributed by atoms with Gasteiger partial charge >= 0.3 is 0 Å². The Labute approximate surface area is 143 Å². The van der Waals surface area contributed by atoms with E-state index >= 15 is 0 Å². The molecular formula is C17H25N3O3S. The fourth-order valence-electron chi connectivity index (χ4n) is 3.63. The number of hydrogen-bond donors (Lipinski definition) is 3. The fraction of sp³-hybridized carbons (Fsp3) is 0.588. The second-order valence-electron chi connectivity index (χ2n) is 7.08. The third-order valence-corrected chi connectivity index (χ3v) is 6.26. The van der Waals surface area contributed by atoms with Crippen LogP contribution >= 0.6 is 0 Å². The maximum atomic E-state index is 12.5. The second kappa shape index (κ2) is 6.82. The molecule has 2 fully saturated rings. The minimum atomic E-state index is -3.60. The summed E-state index contributed by atoms with van der Waals surface area (Å²) in [5, 5.41) is 6.60. The lowest BCUT2D eigenvalue weighted by molar-refractivity contribution is 0.0923. The molecule has 0 aromatic heterocycles. The first-order valence-electron chi connectivity index (χ1n) is 8.53. The second-order valence-corrected chi connectivity index (χ2v) is 8.80. The summed E-state index contributed by atoms with van der Waals surface area (Å²) in [7, 11) is -3.60. The summed E-state index contributed by atoms with van der Waals surface area (Å²) >= 11 is 0. The highest BCUT2D eigenvalue weighted by atomic mass is 32.2. The molecule has 1 amide bonds. The van der Waals surface area contributed by atoms with E-state index < -0.39 is 10.0 Å². The maximum Gasteiger partial charge on any atom is 0.251 e. The van der Waals surface area contributed by atoms with Crippen LogP contribution < -0.4 is 15.4 Å². The zero-order valence-electron chi connectivity index (χ0n) is 14.1. The maximum absolute atomic E-state index is 12.5. The van der Waals surface area contributed by atoms with Crippen molar-refractivity contribution in [3.8, 4) is 0 Å². The Balaban J connectivity index is 1.70. The van der Waals surface area contributed by atoms with Crippen LogP contribution in [-0.4, -0.2) is 38.5 Å². The minimum absolute atomic E-state index is 0.120. The molecule has 2 unspecified atom stereocenters. The van der Waals surface area contributed by atoms with Crippen molar-refractivity contribution in [2.45, 2.75) is 68.6 Å². The number of nitrogens with one attached hydrogen (secondary N) is 3. The van der Waals surface area contributed by atoms with Gasteiger partial charge in [0.15, 0.2) is 0 Å². The number of carbonyl (C=O) groups is 1. The monoisotopic (exact) mass is 351 g/mol. The molecule has 2 aliphatic rings. The smallest absolute Gasteiger partial charge is 0.251 e. The molecule has 6 nitrogen and oxygen atoms in total. The van der Waals surface area contributed by atoms with Crippen molar-refractivity contribution >= 4 is 15.9 Å². The van der Waals surface area contributed by atoms with Crippen molar-refractivity contribution in [3.05, 3.63) is 29.8 Å². The molecule has 3 rings (SSSR count). The van der Waals surface area contributed by atoms with E-state index in [4.69, 9.17) is 0 Å². The molecular weight excluding hydrogens is 326 g/mol. The Kier molecular flexibility index (Phi) is 4.94. The molecule has 2 saturated heterocycles. The molecule has 1 aromatic carbocycles. The first kappa shape index (κ1) is 17.4. The Hall–Kier alpha value is -1.44. The highest BCUT2D eigenvalue weighted by molar-refractivity contribution is 7.89. The Morgan fingerprint density at radius 1 is 1.21 bits per heavy atom. The first-order valence-corrected chi connectivity index (χ1v) is 10.0. The lowest BCUT2D eigenvalue weighted by Gasteiger charge is -2.29. The van der Waals surface area contributed by atoms with Gasteiger partial charge in [-0.15, -0.1) is 0 Å². The summed E-state index contributed by atoms with van der Waals surface area (Å²) < 4.78 is 27.0. The quantitative estimate of drug-likeness (QED) is 0.748. The summed E-state index contributed by atoms with van der Waals surface area (Å²) in [6.07, 6.45) is 4.22. The molecule has 24 heavy (non-hydrogen) atoms. The van der Waals surface area contributed by atoms with Crippen molar-refractivity contribution < 1.29 is 13.2 Å². The largest absolute Gasteiger partial charge is 0.349 e. The Morgan fingerprint density at radius 2 is 1.88 bits per heavy atom. The number of sulfonamides is 1. The molecule has 2 heterocycles. The summed E-state index contributed by atoms with van der Waals surface area (Å²) in [6.45, 7) is 3.53. The van der Waals surface area contributed by atoms with Crippen LogP contribution in [-0.2, 0) is 10.0 Å². The number of amides is 1. The van der Waals surface area contributed by atoms with Crippen LogP contribution in [0.1, 0.15) is 49.9 Å². The molecule has 0 saturated carbocycles. The van der Waals surface area contributed by atoms with Crippen LogP contribution in [0.3, 0.4) is 0 Å². The number of carbonyl (C=O) groups excluding carboxylic acids is 1. The normalized spacial score (nSPS) is 26.5. The van der Waals surface area contributed by atoms with Crippen molar-refractivity contribution in [2.24, 2.45) is 0 Å². The molecule has 1 aromatic rings. The van der Waals surface area contributed by atoms with Gasteiger partial charge in [-0.05, 0) is 57.7 Å². The molecule has 132 valence electrons. The van der Waals surface area contributed by atoms with E-state index in [1.165, 1.54) is 25.0 Å². The van der Waals surface area contributed by atoms with Gasteiger partial charge in [-0.3, -0.25) is 4.79 Å². The predicted octanol–water partition coefficient (Wildman–Crippen LogP) is 1.39. The van der Waals surface area contributed by atoms with Gasteiger partial charge < -0.3 is 10.6 Å². The average molecular weight is 351 g/mol. The third kappa shape index (κ3) is 3.96. The lowest BCUT2D eigenvalue weighted by atomic mass is 9.99. The summed E-state index contributed by atoms with van der Waals surface area (Å²) in [4.78, 5) is 12.6. The van der Waals surface area contributed by atoms with Gasteiger partial charge in [0.2, 0.25) is 10.0 Å². The van der Waals surface area contributed by atoms with Crippen molar-refractivity contribution in [2.75, 3.05) is 0 Å². The van der Waals surface area contributed by atoms with Crippen LogP contribution in [0.4, 0.5) is 0 Å². The minimum Gasteiger partial charge on any atom is -0.349 e. The van der Waals surface area contributed by atoms with Gasteiger partial charge in [-0.25, -0.2) is 13.1 Å². The van der Waals surface area contributed by atoms with Crippen LogP contribution in [0.15, 0.2) is 29.2 Å². The summed E-state index contributed by atoms with van der Waals surface area (Å²) in [6, 6.07) is 7.16. The number of hydrogen-bond acceptors (Lipinski definition) is 4. The summed E-state index contributed by atoms with van der Waals surface area (Å²) in [5.74, 6) is -0.206. The van der Waals surface area contributed by atoms with Gasteiger partial charge in [-0.2, -0.15) is 0 Å². The molecule has 2 aliphatic heterocycles. The van der Waals surface area contributed by atoms with E-state index in [9.17, 15) is 13.2 Å². The Bertz CT molecular complexity index is 706. The topological polar surface area (TPSA) is 87.3 Å². The van der Waals surface area contributed by atoms with Crippen LogP contribution in [0, 0.1) is 0 Å². The number of fused-ring (bicyclic) bond motifs is 2. The highest BCUT2D eigenvalue weighted by Crippen LogP contribution is 2.27.